The van der Waals surface area contributed by atoms with Crippen molar-refractivity contribution in [3.63, 3.8) is 0 Å². The maximum absolute atomic E-state index is 5.52. The molecule has 2 nitrogen and oxygen atoms in total. The third-order valence-electron chi connectivity index (χ3n) is 4.14. The van der Waals surface area contributed by atoms with Gasteiger partial charge >= 0.3 is 0 Å². The third kappa shape index (κ3) is 25.5. The Kier molecular flexibility index (Phi) is 29.5. The Balaban J connectivity index is -0.00000180. The van der Waals surface area contributed by atoms with Gasteiger partial charge in [0, 0.05) is 0 Å². The van der Waals surface area contributed by atoms with Crippen molar-refractivity contribution < 1.29 is 0 Å². The van der Waals surface area contributed by atoms with Crippen molar-refractivity contribution in [2.75, 3.05) is 0 Å². The van der Waals surface area contributed by atoms with E-state index in [1.165, 1.54) is 96.3 Å². The molecule has 0 aliphatic carbocycles. The first-order valence-electron chi connectivity index (χ1n) is 9.28. The van der Waals surface area contributed by atoms with Crippen LogP contribution in [0.25, 0.3) is 0 Å². The zero-order valence-electron chi connectivity index (χ0n) is 14.9. The molecule has 0 heterocycles. The van der Waals surface area contributed by atoms with Gasteiger partial charge in [-0.1, -0.05) is 103 Å². The van der Waals surface area contributed by atoms with Gasteiger partial charge in [0.2, 0.25) is 0 Å². The molecule has 0 aliphatic heterocycles. The normalized spacial score (nSPS) is 10.4. The Morgan fingerprint density at radius 3 is 1.05 bits per heavy atom. The quantitative estimate of drug-likeness (QED) is 0.250. The summed E-state index contributed by atoms with van der Waals surface area (Å²) in [7, 11) is 0. The van der Waals surface area contributed by atoms with E-state index >= 15 is 0 Å². The SMILES string of the molecule is CCCCCCCCCCCCCCCCCC(N)N.Cl.Cl. The van der Waals surface area contributed by atoms with Crippen LogP contribution in [0.5, 0.6) is 0 Å². The summed E-state index contributed by atoms with van der Waals surface area (Å²) < 4.78 is 0. The van der Waals surface area contributed by atoms with Crippen LogP contribution in [-0.4, -0.2) is 6.17 Å². The topological polar surface area (TPSA) is 52.0 Å². The van der Waals surface area contributed by atoms with Crippen molar-refractivity contribution in [3.8, 4) is 0 Å². The highest BCUT2D eigenvalue weighted by Gasteiger charge is 1.96. The van der Waals surface area contributed by atoms with Gasteiger partial charge in [-0.2, -0.15) is 0 Å². The minimum atomic E-state index is -0.100. The molecule has 0 aromatic heterocycles. The van der Waals surface area contributed by atoms with Gasteiger partial charge in [-0.25, -0.2) is 0 Å². The highest BCUT2D eigenvalue weighted by molar-refractivity contribution is 5.85. The Morgan fingerprint density at radius 1 is 0.500 bits per heavy atom. The van der Waals surface area contributed by atoms with E-state index in [0.717, 1.165) is 6.42 Å². The molecule has 0 aromatic carbocycles. The lowest BCUT2D eigenvalue weighted by Crippen LogP contribution is -2.29. The molecule has 0 unspecified atom stereocenters. The van der Waals surface area contributed by atoms with Crippen molar-refractivity contribution in [1.82, 2.24) is 0 Å². The van der Waals surface area contributed by atoms with Gasteiger partial charge in [0.05, 0.1) is 6.17 Å². The second-order valence-corrected chi connectivity index (χ2v) is 6.40. The minimum Gasteiger partial charge on any atom is -0.316 e. The number of halogens is 2. The predicted molar refractivity (Wildman–Crippen MR) is 106 cm³/mol. The maximum atomic E-state index is 5.52. The van der Waals surface area contributed by atoms with Crippen LogP contribution in [0.15, 0.2) is 0 Å². The lowest BCUT2D eigenvalue weighted by Gasteiger charge is -2.05. The molecular formula is C18H42Cl2N2. The Morgan fingerprint density at radius 2 is 0.773 bits per heavy atom. The first kappa shape index (κ1) is 27.4. The van der Waals surface area contributed by atoms with E-state index in [9.17, 15) is 0 Å². The molecule has 0 atom stereocenters. The number of rotatable bonds is 16. The predicted octanol–water partition coefficient (Wildman–Crippen LogP) is 6.34. The van der Waals surface area contributed by atoms with E-state index in [-0.39, 0.29) is 31.0 Å². The molecule has 4 N–H and O–H groups in total. The number of hydrogen-bond donors (Lipinski definition) is 2. The zero-order chi connectivity index (χ0) is 14.9. The van der Waals surface area contributed by atoms with Crippen LogP contribution in [0.1, 0.15) is 110 Å². The van der Waals surface area contributed by atoms with Gasteiger partial charge in [-0.3, -0.25) is 0 Å². The van der Waals surface area contributed by atoms with E-state index in [2.05, 4.69) is 6.92 Å². The zero-order valence-corrected chi connectivity index (χ0v) is 16.5. The molecule has 138 valence electrons. The first-order valence-corrected chi connectivity index (χ1v) is 9.28. The van der Waals surface area contributed by atoms with Crippen molar-refractivity contribution in [1.29, 1.82) is 0 Å². The van der Waals surface area contributed by atoms with Crippen molar-refractivity contribution in [2.24, 2.45) is 11.5 Å². The van der Waals surface area contributed by atoms with Crippen LogP contribution in [0.4, 0.5) is 0 Å². The monoisotopic (exact) mass is 356 g/mol. The highest BCUT2D eigenvalue weighted by atomic mass is 35.5. The average molecular weight is 357 g/mol. The molecule has 22 heavy (non-hydrogen) atoms. The van der Waals surface area contributed by atoms with Gasteiger partial charge in [-0.15, -0.1) is 24.8 Å². The van der Waals surface area contributed by atoms with Crippen LogP contribution < -0.4 is 11.5 Å². The number of unbranched alkanes of at least 4 members (excludes halogenated alkanes) is 14. The van der Waals surface area contributed by atoms with E-state index < -0.39 is 0 Å². The van der Waals surface area contributed by atoms with Crippen LogP contribution in [0.3, 0.4) is 0 Å². The fourth-order valence-electron chi connectivity index (χ4n) is 2.75. The molecule has 0 amide bonds. The molecule has 4 heteroatoms. The summed E-state index contributed by atoms with van der Waals surface area (Å²) in [6.07, 6.45) is 22.0. The fraction of sp³-hybridized carbons (Fsp3) is 1.00. The van der Waals surface area contributed by atoms with Crippen LogP contribution in [-0.2, 0) is 0 Å². The lowest BCUT2D eigenvalue weighted by atomic mass is 10.0. The highest BCUT2D eigenvalue weighted by Crippen LogP contribution is 2.13. The van der Waals surface area contributed by atoms with Crippen molar-refractivity contribution in [2.45, 2.75) is 116 Å². The summed E-state index contributed by atoms with van der Waals surface area (Å²) in [4.78, 5) is 0. The van der Waals surface area contributed by atoms with Crippen molar-refractivity contribution >= 4 is 24.8 Å². The molecule has 0 aliphatic rings. The summed E-state index contributed by atoms with van der Waals surface area (Å²) >= 11 is 0. The molecular weight excluding hydrogens is 315 g/mol. The van der Waals surface area contributed by atoms with E-state index in [4.69, 9.17) is 11.5 Å². The summed E-state index contributed by atoms with van der Waals surface area (Å²) in [5, 5.41) is 0. The van der Waals surface area contributed by atoms with Gasteiger partial charge in [0.15, 0.2) is 0 Å². The molecule has 0 radical (unpaired) electrons. The second-order valence-electron chi connectivity index (χ2n) is 6.40. The Bertz CT molecular complexity index is 178. The van der Waals surface area contributed by atoms with Gasteiger partial charge in [-0.05, 0) is 6.42 Å². The molecule has 0 spiro atoms. The molecule has 0 bridgehead atoms. The maximum Gasteiger partial charge on any atom is 0.0520 e. The van der Waals surface area contributed by atoms with Crippen LogP contribution in [0, 0.1) is 0 Å². The molecule has 0 fully saturated rings. The summed E-state index contributed by atoms with van der Waals surface area (Å²) in [6, 6.07) is 0. The Labute approximate surface area is 152 Å². The second kappa shape index (κ2) is 23.8. The summed E-state index contributed by atoms with van der Waals surface area (Å²) in [5.74, 6) is 0. The average Bonchev–Trinajstić information content (AvgIpc) is 2.43. The molecule has 0 rings (SSSR count). The molecule has 0 aromatic rings. The van der Waals surface area contributed by atoms with Gasteiger partial charge in [0.1, 0.15) is 0 Å². The largest absolute Gasteiger partial charge is 0.316 e. The van der Waals surface area contributed by atoms with E-state index in [1.54, 1.807) is 0 Å². The summed E-state index contributed by atoms with van der Waals surface area (Å²) in [6.45, 7) is 2.28. The van der Waals surface area contributed by atoms with Crippen LogP contribution in [0.2, 0.25) is 0 Å². The molecule has 0 saturated heterocycles. The third-order valence-corrected chi connectivity index (χ3v) is 4.14. The van der Waals surface area contributed by atoms with E-state index in [1.807, 2.05) is 0 Å². The van der Waals surface area contributed by atoms with Gasteiger partial charge < -0.3 is 11.5 Å². The molecule has 0 saturated carbocycles. The summed E-state index contributed by atoms with van der Waals surface area (Å²) in [5.41, 5.74) is 11.0. The smallest absolute Gasteiger partial charge is 0.0520 e. The lowest BCUT2D eigenvalue weighted by molar-refractivity contribution is 0.518. The van der Waals surface area contributed by atoms with E-state index in [0.29, 0.717) is 0 Å². The van der Waals surface area contributed by atoms with Gasteiger partial charge in [0.25, 0.3) is 0 Å². The first-order chi connectivity index (χ1) is 9.77. The Hall–Kier alpha value is 0.500. The number of nitrogens with two attached hydrogens (primary N) is 2. The van der Waals surface area contributed by atoms with Crippen LogP contribution >= 0.6 is 24.8 Å². The van der Waals surface area contributed by atoms with Crippen molar-refractivity contribution in [3.05, 3.63) is 0 Å². The minimum absolute atomic E-state index is 0. The number of hydrogen-bond acceptors (Lipinski definition) is 2. The standard InChI is InChI=1S/C18H40N2.2ClH/c1-2-3-4-5-6-7-8-9-10-11-12-13-14-15-16-17-18(19)20;;/h18H,2-17,19-20H2,1H3;2*1H. The fourth-order valence-corrected chi connectivity index (χ4v) is 2.75.